The van der Waals surface area contributed by atoms with Gasteiger partial charge in [-0.15, -0.1) is 0 Å². The summed E-state index contributed by atoms with van der Waals surface area (Å²) in [5, 5.41) is 0. The van der Waals surface area contributed by atoms with Crippen molar-refractivity contribution in [3.8, 4) is 0 Å². The quantitative estimate of drug-likeness (QED) is 0.429. The number of nitrogens with zero attached hydrogens (tertiary/aromatic N) is 2. The van der Waals surface area contributed by atoms with E-state index in [9.17, 15) is 0 Å². The Morgan fingerprint density at radius 2 is 1.52 bits per heavy atom. The van der Waals surface area contributed by atoms with Crippen LogP contribution < -0.4 is 0 Å². The first kappa shape index (κ1) is 20.1. The van der Waals surface area contributed by atoms with Gasteiger partial charge in [-0.3, -0.25) is 0 Å². The summed E-state index contributed by atoms with van der Waals surface area (Å²) in [6, 6.07) is 0. The van der Waals surface area contributed by atoms with Crippen molar-refractivity contribution in [2.75, 3.05) is 0 Å². The van der Waals surface area contributed by atoms with Crippen LogP contribution in [-0.2, 0) is 0 Å². The first-order valence-corrected chi connectivity index (χ1v) is 17.5. The van der Waals surface area contributed by atoms with E-state index in [4.69, 9.17) is 0 Å². The molecular formula is C14H33BN2SSeSi2. The van der Waals surface area contributed by atoms with Crippen molar-refractivity contribution in [1.29, 1.82) is 0 Å². The summed E-state index contributed by atoms with van der Waals surface area (Å²) in [7, 11) is -2.58. The van der Waals surface area contributed by atoms with Crippen LogP contribution in [0.3, 0.4) is 0 Å². The summed E-state index contributed by atoms with van der Waals surface area (Å²) in [6.07, 6.45) is 3.74. The summed E-state index contributed by atoms with van der Waals surface area (Å²) < 4.78 is 7.37. The third kappa shape index (κ3) is 5.00. The zero-order valence-corrected chi connectivity index (χ0v) is 19.9. The summed E-state index contributed by atoms with van der Waals surface area (Å²) in [5.74, 6) is 0. The average Bonchev–Trinajstić information content (AvgIpc) is 2.69. The van der Waals surface area contributed by atoms with E-state index in [1.165, 1.54) is 19.2 Å². The SMILES string of the molecule is CCB1C(CC)=C(CC)[Se]N1SN([Si](C)(C)C)[Si](C)(C)C. The Morgan fingerprint density at radius 3 is 1.86 bits per heavy atom. The Morgan fingerprint density at radius 1 is 1.00 bits per heavy atom. The van der Waals surface area contributed by atoms with Crippen LogP contribution in [0, 0.1) is 0 Å². The minimum absolute atomic E-state index is 0.545. The molecule has 1 heterocycles. The van der Waals surface area contributed by atoms with Crippen molar-refractivity contribution in [3.05, 3.63) is 9.94 Å². The zero-order valence-electron chi connectivity index (χ0n) is 15.4. The van der Waals surface area contributed by atoms with Gasteiger partial charge in [-0.05, 0) is 0 Å². The molecule has 0 saturated carbocycles. The Bertz CT molecular complexity index is 379. The van der Waals surface area contributed by atoms with Gasteiger partial charge in [0.15, 0.2) is 0 Å². The molecule has 122 valence electrons. The van der Waals surface area contributed by atoms with E-state index in [2.05, 4.69) is 79.1 Å². The fraction of sp³-hybridized carbons (Fsp3) is 0.857. The zero-order chi connectivity index (χ0) is 16.4. The number of rotatable bonds is 7. The van der Waals surface area contributed by atoms with Crippen LogP contribution in [0.4, 0.5) is 0 Å². The van der Waals surface area contributed by atoms with Gasteiger partial charge in [0.25, 0.3) is 0 Å². The van der Waals surface area contributed by atoms with E-state index in [0.29, 0.717) is 22.0 Å². The van der Waals surface area contributed by atoms with Crippen molar-refractivity contribution in [2.45, 2.75) is 79.2 Å². The van der Waals surface area contributed by atoms with Gasteiger partial charge in [0, 0.05) is 0 Å². The van der Waals surface area contributed by atoms with Gasteiger partial charge in [0.1, 0.15) is 0 Å². The van der Waals surface area contributed by atoms with Crippen LogP contribution in [0.5, 0.6) is 0 Å². The molecule has 0 bridgehead atoms. The summed E-state index contributed by atoms with van der Waals surface area (Å²) in [4.78, 5) is 0. The van der Waals surface area contributed by atoms with Crippen LogP contribution in [0.2, 0.25) is 45.6 Å². The van der Waals surface area contributed by atoms with E-state index in [1.54, 1.807) is 9.94 Å². The molecule has 0 aliphatic carbocycles. The van der Waals surface area contributed by atoms with Gasteiger partial charge in [0.2, 0.25) is 0 Å². The van der Waals surface area contributed by atoms with Crippen LogP contribution in [0.1, 0.15) is 33.6 Å². The third-order valence-corrected chi connectivity index (χ3v) is 17.8. The number of allylic oxidation sites excluding steroid dienone is 2. The van der Waals surface area contributed by atoms with Crippen LogP contribution in [-0.4, -0.2) is 45.4 Å². The molecule has 1 aliphatic rings. The summed E-state index contributed by atoms with van der Waals surface area (Å²) >= 11 is 2.66. The predicted octanol–water partition coefficient (Wildman–Crippen LogP) is 5.08. The van der Waals surface area contributed by atoms with Gasteiger partial charge in [-0.2, -0.15) is 0 Å². The Balaban J connectivity index is 2.97. The van der Waals surface area contributed by atoms with Gasteiger partial charge < -0.3 is 0 Å². The Hall–Kier alpha value is 1.03. The Labute approximate surface area is 146 Å². The molecule has 0 aromatic carbocycles. The third-order valence-electron chi connectivity index (χ3n) is 3.68. The monoisotopic (exact) mass is 408 g/mol. The fourth-order valence-electron chi connectivity index (χ4n) is 3.07. The van der Waals surface area contributed by atoms with Gasteiger partial charge in [-0.1, -0.05) is 0 Å². The molecule has 2 nitrogen and oxygen atoms in total. The van der Waals surface area contributed by atoms with Crippen LogP contribution >= 0.6 is 12.1 Å². The standard InChI is InChI=1S/C14H33BN2SSeSi2/c1-10-13-14(11-2)19-16(15(13)12-3)18-17(20(4,5)6)21(7,8)9/h10-12H2,1-9H3. The molecule has 7 heteroatoms. The second kappa shape index (κ2) is 7.73. The van der Waals surface area contributed by atoms with Crippen LogP contribution in [0.15, 0.2) is 9.94 Å². The van der Waals surface area contributed by atoms with E-state index >= 15 is 0 Å². The molecule has 0 N–H and O–H groups in total. The molecule has 0 amide bonds. The maximum absolute atomic E-state index is 2.86. The molecule has 1 rings (SSSR count). The summed E-state index contributed by atoms with van der Waals surface area (Å²) in [6.45, 7) is 22.7. The molecule has 0 atom stereocenters. The molecule has 0 aromatic heterocycles. The van der Waals surface area contributed by atoms with E-state index < -0.39 is 16.5 Å². The van der Waals surface area contributed by atoms with Crippen molar-refractivity contribution in [1.82, 2.24) is 6.87 Å². The second-order valence-electron chi connectivity index (χ2n) is 7.67. The van der Waals surface area contributed by atoms with Crippen molar-refractivity contribution < 1.29 is 0 Å². The first-order valence-electron chi connectivity index (χ1n) is 8.23. The van der Waals surface area contributed by atoms with E-state index in [-0.39, 0.29) is 0 Å². The van der Waals surface area contributed by atoms with Crippen LogP contribution in [0.25, 0.3) is 0 Å². The maximum atomic E-state index is 2.86. The van der Waals surface area contributed by atoms with Crippen molar-refractivity contribution in [2.24, 2.45) is 0 Å². The number of hydrogen-bond acceptors (Lipinski definition) is 3. The Kier molecular flexibility index (Phi) is 7.39. The van der Waals surface area contributed by atoms with Crippen molar-refractivity contribution >= 4 is 50.6 Å². The molecule has 21 heavy (non-hydrogen) atoms. The van der Waals surface area contributed by atoms with E-state index in [0.717, 1.165) is 0 Å². The normalized spacial score (nSPS) is 18.3. The van der Waals surface area contributed by atoms with Crippen molar-refractivity contribution in [3.63, 3.8) is 0 Å². The first-order chi connectivity index (χ1) is 9.56. The molecule has 0 radical (unpaired) electrons. The molecule has 1 aliphatic heterocycles. The topological polar surface area (TPSA) is 6.48 Å². The van der Waals surface area contributed by atoms with Gasteiger partial charge >= 0.3 is 147 Å². The molecule has 0 aromatic rings. The molecule has 0 unspecified atom stereocenters. The molecule has 0 saturated heterocycles. The summed E-state index contributed by atoms with van der Waals surface area (Å²) in [5.41, 5.74) is 1.75. The molecule has 0 fully saturated rings. The molecular weight excluding hydrogens is 374 g/mol. The minimum atomic E-state index is -1.29. The number of hydrogen-bond donors (Lipinski definition) is 0. The fourth-order valence-corrected chi connectivity index (χ4v) is 18.5. The predicted molar refractivity (Wildman–Crippen MR) is 108 cm³/mol. The average molecular weight is 407 g/mol. The second-order valence-corrected chi connectivity index (χ2v) is 22.0. The van der Waals surface area contributed by atoms with Gasteiger partial charge in [0.05, 0.1) is 0 Å². The van der Waals surface area contributed by atoms with E-state index in [1.807, 2.05) is 0 Å². The molecule has 0 spiro atoms. The van der Waals surface area contributed by atoms with Gasteiger partial charge in [-0.25, -0.2) is 0 Å².